The molecule has 3 N–H and O–H groups in total. The summed E-state index contributed by atoms with van der Waals surface area (Å²) in [6, 6.07) is 0. The van der Waals surface area contributed by atoms with Gasteiger partial charge in [-0.05, 0) is 161 Å². The Hall–Kier alpha value is -4.80. The molecule has 0 bridgehead atoms. The fourth-order valence-electron chi connectivity index (χ4n) is 9.99. The Morgan fingerprint density at radius 3 is 0.814 bits per heavy atom. The molecule has 0 aliphatic heterocycles. The van der Waals surface area contributed by atoms with Crippen LogP contribution in [0.5, 0.6) is 0 Å². The summed E-state index contributed by atoms with van der Waals surface area (Å²) in [5, 5.41) is 10.6. The van der Waals surface area contributed by atoms with Crippen LogP contribution in [0.4, 0.5) is 0 Å². The van der Waals surface area contributed by atoms with E-state index in [0.29, 0.717) is 38.5 Å². The molecule has 0 aromatic rings. The SMILES string of the molecule is CCCCC/C=C\C/C=C\C/C=C\C/C=C\CCCC(=O)OC[C@H](COP(=O)(O)OC[C@H](O)COP(=O)(O)OC[C@@H](COC(=O)CCCCCCC/C=C\C/C=C\CCCCC)OC(=O)CCC/C=C\C/C=C\C/C=C\C/C=C\CCCCC)OC(=O)CCCCCCC/C=C\CCCCCC. The molecule has 102 heavy (non-hydrogen) atoms. The maximum absolute atomic E-state index is 13.1. The smallest absolute Gasteiger partial charge is 0.462 e. The van der Waals surface area contributed by atoms with E-state index in [-0.39, 0.29) is 25.7 Å². The van der Waals surface area contributed by atoms with Gasteiger partial charge >= 0.3 is 39.5 Å². The van der Waals surface area contributed by atoms with Crippen molar-refractivity contribution in [2.75, 3.05) is 39.6 Å². The largest absolute Gasteiger partial charge is 0.472 e. The van der Waals surface area contributed by atoms with E-state index in [1.165, 1.54) is 83.5 Å². The van der Waals surface area contributed by atoms with Crippen LogP contribution in [-0.4, -0.2) is 96.7 Å². The van der Waals surface area contributed by atoms with Crippen LogP contribution in [-0.2, 0) is 65.4 Å². The van der Waals surface area contributed by atoms with E-state index in [1.54, 1.807) is 0 Å². The van der Waals surface area contributed by atoms with Crippen molar-refractivity contribution in [3.63, 3.8) is 0 Å². The molecular weight excluding hydrogens is 1330 g/mol. The standard InChI is InChI=1S/C83H140O17P2/c1-5-9-13-17-21-25-29-33-36-38-41-45-48-52-56-60-64-68-81(86)94-73-78(99-82(87)69-65-61-57-53-49-43-32-28-24-20-16-12-8-4)75-97-101(89,90)95-71-77(84)72-96-102(91,92)98-76-79(74-93-80(85)67-63-59-55-51-47-44-40-35-31-27-23-19-15-11-7-3)100-83(88)70-66-62-58-54-50-46-42-39-37-34-30-26-22-18-14-10-6-2/h21-23,25-28,32-37,40-42,45-46,52,54,56,58,77-79,84H,5-20,24,29-31,38-39,43-44,47-51,53,55,57,59-76H2,1-4H3,(H,89,90)(H,91,92)/b25-21-,26-22-,27-23-,32-28-,36-33-,37-34-,40-35-,45-41-,46-42-,56-52-,58-54-/t77-,78+,79+/m0/s1. The van der Waals surface area contributed by atoms with Crippen molar-refractivity contribution in [3.05, 3.63) is 134 Å². The molecule has 0 spiro atoms. The second kappa shape index (κ2) is 74.5. The van der Waals surface area contributed by atoms with Crippen molar-refractivity contribution in [2.24, 2.45) is 0 Å². The van der Waals surface area contributed by atoms with Crippen LogP contribution in [0.3, 0.4) is 0 Å². The lowest BCUT2D eigenvalue weighted by Gasteiger charge is -2.21. The summed E-state index contributed by atoms with van der Waals surface area (Å²) in [5.74, 6) is -2.33. The Kier molecular flexibility index (Phi) is 71.0. The summed E-state index contributed by atoms with van der Waals surface area (Å²) in [6.45, 7) is 4.62. The first-order valence-electron chi connectivity index (χ1n) is 39.4. The minimum atomic E-state index is -5.00. The molecule has 0 saturated carbocycles. The van der Waals surface area contributed by atoms with Crippen molar-refractivity contribution in [1.82, 2.24) is 0 Å². The molecule has 0 radical (unpaired) electrons. The Morgan fingerprint density at radius 1 is 0.275 bits per heavy atom. The van der Waals surface area contributed by atoms with Crippen molar-refractivity contribution in [2.45, 2.75) is 329 Å². The van der Waals surface area contributed by atoms with Crippen LogP contribution in [0.2, 0.25) is 0 Å². The third kappa shape index (κ3) is 73.5. The molecule has 0 heterocycles. The highest BCUT2D eigenvalue weighted by molar-refractivity contribution is 7.47. The zero-order valence-electron chi connectivity index (χ0n) is 63.7. The molecule has 0 aliphatic carbocycles. The first-order valence-corrected chi connectivity index (χ1v) is 42.4. The van der Waals surface area contributed by atoms with E-state index in [2.05, 4.69) is 137 Å². The Balaban J connectivity index is 5.47. The van der Waals surface area contributed by atoms with Crippen molar-refractivity contribution < 1.29 is 80.2 Å². The topological polar surface area (TPSA) is 237 Å². The van der Waals surface area contributed by atoms with Crippen LogP contribution in [0, 0.1) is 0 Å². The van der Waals surface area contributed by atoms with Crippen LogP contribution in [0.1, 0.15) is 310 Å². The number of unbranched alkanes of at least 4 members (excludes halogenated alkanes) is 25. The predicted octanol–water partition coefficient (Wildman–Crippen LogP) is 22.9. The monoisotopic (exact) mass is 1470 g/mol. The van der Waals surface area contributed by atoms with E-state index < -0.39 is 97.5 Å². The maximum Gasteiger partial charge on any atom is 0.472 e. The van der Waals surface area contributed by atoms with Crippen LogP contribution >= 0.6 is 15.6 Å². The van der Waals surface area contributed by atoms with Gasteiger partial charge in [0.25, 0.3) is 0 Å². The molecule has 0 amide bonds. The van der Waals surface area contributed by atoms with Crippen molar-refractivity contribution in [1.29, 1.82) is 0 Å². The fourth-order valence-corrected chi connectivity index (χ4v) is 11.6. The van der Waals surface area contributed by atoms with Gasteiger partial charge in [-0.3, -0.25) is 37.3 Å². The quantitative estimate of drug-likeness (QED) is 0.0169. The van der Waals surface area contributed by atoms with Gasteiger partial charge in [-0.15, -0.1) is 0 Å². The van der Waals surface area contributed by atoms with Crippen molar-refractivity contribution >= 4 is 39.5 Å². The third-order valence-corrected chi connectivity index (χ3v) is 18.0. The van der Waals surface area contributed by atoms with E-state index in [0.717, 1.165) is 135 Å². The van der Waals surface area contributed by atoms with Gasteiger partial charge < -0.3 is 33.8 Å². The molecule has 19 heteroatoms. The summed E-state index contributed by atoms with van der Waals surface area (Å²) in [7, 11) is -10.00. The molecule has 17 nitrogen and oxygen atoms in total. The number of rotatable bonds is 73. The highest BCUT2D eigenvalue weighted by atomic mass is 31.2. The van der Waals surface area contributed by atoms with Crippen LogP contribution in [0.15, 0.2) is 134 Å². The maximum atomic E-state index is 13.1. The van der Waals surface area contributed by atoms with Gasteiger partial charge in [-0.2, -0.15) is 0 Å². The molecule has 0 aromatic carbocycles. The van der Waals surface area contributed by atoms with Gasteiger partial charge in [0.2, 0.25) is 0 Å². The second-order valence-electron chi connectivity index (χ2n) is 25.9. The summed E-state index contributed by atoms with van der Waals surface area (Å²) in [5.41, 5.74) is 0. The second-order valence-corrected chi connectivity index (χ2v) is 28.8. The lowest BCUT2D eigenvalue weighted by atomic mass is 10.1. The van der Waals surface area contributed by atoms with E-state index in [4.69, 9.17) is 37.0 Å². The minimum Gasteiger partial charge on any atom is -0.462 e. The van der Waals surface area contributed by atoms with E-state index in [9.17, 15) is 43.2 Å². The van der Waals surface area contributed by atoms with Crippen molar-refractivity contribution in [3.8, 4) is 0 Å². The number of esters is 4. The number of aliphatic hydroxyl groups is 1. The van der Waals surface area contributed by atoms with E-state index >= 15 is 0 Å². The molecule has 0 rings (SSSR count). The summed E-state index contributed by atoms with van der Waals surface area (Å²) in [6.07, 6.45) is 83.0. The first kappa shape index (κ1) is 97.2. The predicted molar refractivity (Wildman–Crippen MR) is 418 cm³/mol. The number of ether oxygens (including phenoxy) is 4. The Labute approximate surface area is 618 Å². The number of hydrogen-bond acceptors (Lipinski definition) is 15. The molecule has 0 saturated heterocycles. The lowest BCUT2D eigenvalue weighted by molar-refractivity contribution is -0.161. The third-order valence-electron chi connectivity index (χ3n) is 16.1. The lowest BCUT2D eigenvalue weighted by Crippen LogP contribution is -2.30. The van der Waals surface area contributed by atoms with Crippen LogP contribution in [0.25, 0.3) is 0 Å². The number of allylic oxidation sites excluding steroid dienone is 22. The van der Waals surface area contributed by atoms with Gasteiger partial charge in [-0.25, -0.2) is 9.13 Å². The normalized spacial score (nSPS) is 14.6. The minimum absolute atomic E-state index is 0.0119. The zero-order chi connectivity index (χ0) is 74.6. The summed E-state index contributed by atoms with van der Waals surface area (Å²) < 4.78 is 68.4. The number of carbonyl (C=O) groups excluding carboxylic acids is 4. The van der Waals surface area contributed by atoms with Gasteiger partial charge in [0.05, 0.1) is 26.4 Å². The van der Waals surface area contributed by atoms with Gasteiger partial charge in [0.1, 0.15) is 19.3 Å². The number of carbonyl (C=O) groups is 4. The molecule has 0 aliphatic rings. The number of phosphoric ester groups is 2. The number of hydrogen-bond donors (Lipinski definition) is 3. The van der Waals surface area contributed by atoms with Crippen LogP contribution < -0.4 is 0 Å². The molecule has 2 unspecified atom stereocenters. The van der Waals surface area contributed by atoms with E-state index in [1.807, 2.05) is 24.3 Å². The first-order chi connectivity index (χ1) is 49.7. The zero-order valence-corrected chi connectivity index (χ0v) is 65.5. The Morgan fingerprint density at radius 2 is 0.490 bits per heavy atom. The Bertz CT molecular complexity index is 2460. The average molecular weight is 1470 g/mol. The highest BCUT2D eigenvalue weighted by Gasteiger charge is 2.30. The summed E-state index contributed by atoms with van der Waals surface area (Å²) in [4.78, 5) is 72.9. The van der Waals surface area contributed by atoms with Gasteiger partial charge in [0.15, 0.2) is 12.2 Å². The van der Waals surface area contributed by atoms with Gasteiger partial charge in [-0.1, -0.05) is 258 Å². The molecule has 0 fully saturated rings. The molecule has 5 atom stereocenters. The number of phosphoric acid groups is 2. The fraction of sp³-hybridized carbons (Fsp3) is 0.687. The van der Waals surface area contributed by atoms with Gasteiger partial charge in [0, 0.05) is 25.7 Å². The average Bonchev–Trinajstić information content (AvgIpc) is 0.909. The molecule has 0 aromatic heterocycles. The summed E-state index contributed by atoms with van der Waals surface area (Å²) >= 11 is 0. The number of aliphatic hydroxyl groups excluding tert-OH is 1. The molecular formula is C83H140O17P2. The highest BCUT2D eigenvalue weighted by Crippen LogP contribution is 2.45. The molecule has 584 valence electrons.